The lowest BCUT2D eigenvalue weighted by Gasteiger charge is -2.16. The molecule has 0 heterocycles. The van der Waals surface area contributed by atoms with E-state index in [9.17, 15) is 4.79 Å². The molecule has 0 spiro atoms. The number of ether oxygens (including phenoxy) is 1. The number of carbonyl (C=O) groups excluding carboxylic acids is 1. The topological polar surface area (TPSA) is 52.3 Å². The summed E-state index contributed by atoms with van der Waals surface area (Å²) in [5.74, 6) is 0.117. The van der Waals surface area contributed by atoms with E-state index >= 15 is 0 Å². The second-order valence-electron chi connectivity index (χ2n) is 3.46. The van der Waals surface area contributed by atoms with Crippen LogP contribution in [0.3, 0.4) is 0 Å². The van der Waals surface area contributed by atoms with Gasteiger partial charge in [-0.1, -0.05) is 0 Å². The maximum Gasteiger partial charge on any atom is 0.158 e. The standard InChI is InChI=1S/C8H17NO2/c1-8(2,9)5-4-7(10)6-11-3/h4-6,9H2,1-3H3. The number of rotatable bonds is 5. The van der Waals surface area contributed by atoms with Crippen molar-refractivity contribution in [2.45, 2.75) is 32.2 Å². The van der Waals surface area contributed by atoms with Crippen molar-refractivity contribution in [2.24, 2.45) is 5.73 Å². The van der Waals surface area contributed by atoms with Crippen molar-refractivity contribution in [3.05, 3.63) is 0 Å². The van der Waals surface area contributed by atoms with Gasteiger partial charge in [0, 0.05) is 19.1 Å². The number of ketones is 1. The molecular formula is C8H17NO2. The van der Waals surface area contributed by atoms with Crippen molar-refractivity contribution in [3.63, 3.8) is 0 Å². The third-order valence-corrected chi connectivity index (χ3v) is 1.35. The highest BCUT2D eigenvalue weighted by molar-refractivity contribution is 5.79. The van der Waals surface area contributed by atoms with E-state index < -0.39 is 0 Å². The van der Waals surface area contributed by atoms with Crippen LogP contribution in [-0.2, 0) is 9.53 Å². The number of methoxy groups -OCH3 is 1. The highest BCUT2D eigenvalue weighted by Crippen LogP contribution is 2.06. The Kier molecular flexibility index (Phi) is 4.30. The summed E-state index contributed by atoms with van der Waals surface area (Å²) >= 11 is 0. The van der Waals surface area contributed by atoms with Crippen molar-refractivity contribution < 1.29 is 9.53 Å². The first-order valence-electron chi connectivity index (χ1n) is 3.75. The van der Waals surface area contributed by atoms with Gasteiger partial charge in [0.05, 0.1) is 0 Å². The Balaban J connectivity index is 3.46. The highest BCUT2D eigenvalue weighted by Gasteiger charge is 2.12. The Morgan fingerprint density at radius 2 is 2.09 bits per heavy atom. The molecule has 0 unspecified atom stereocenters. The van der Waals surface area contributed by atoms with Crippen LogP contribution in [0, 0.1) is 0 Å². The van der Waals surface area contributed by atoms with Gasteiger partial charge in [0.25, 0.3) is 0 Å². The van der Waals surface area contributed by atoms with Crippen LogP contribution in [0.4, 0.5) is 0 Å². The first-order chi connectivity index (χ1) is 4.95. The Labute approximate surface area is 67.9 Å². The Morgan fingerprint density at radius 1 is 1.55 bits per heavy atom. The summed E-state index contributed by atoms with van der Waals surface area (Å²) in [5.41, 5.74) is 5.44. The van der Waals surface area contributed by atoms with Crippen LogP contribution in [0.15, 0.2) is 0 Å². The van der Waals surface area contributed by atoms with Crippen molar-refractivity contribution in [1.82, 2.24) is 0 Å². The lowest BCUT2D eigenvalue weighted by Crippen LogP contribution is -2.32. The molecule has 0 rings (SSSR count). The molecule has 0 saturated carbocycles. The molecule has 0 atom stereocenters. The predicted molar refractivity (Wildman–Crippen MR) is 44.4 cm³/mol. The van der Waals surface area contributed by atoms with Gasteiger partial charge in [-0.2, -0.15) is 0 Å². The fourth-order valence-corrected chi connectivity index (χ4v) is 0.695. The third kappa shape index (κ3) is 7.49. The minimum absolute atomic E-state index is 0.117. The van der Waals surface area contributed by atoms with Gasteiger partial charge in [-0.25, -0.2) is 0 Å². The van der Waals surface area contributed by atoms with Gasteiger partial charge < -0.3 is 10.5 Å². The third-order valence-electron chi connectivity index (χ3n) is 1.35. The summed E-state index contributed by atoms with van der Waals surface area (Å²) < 4.78 is 4.68. The summed E-state index contributed by atoms with van der Waals surface area (Å²) in [6, 6.07) is 0. The molecule has 0 aromatic heterocycles. The molecule has 0 bridgehead atoms. The number of hydrogen-bond donors (Lipinski definition) is 1. The molecule has 3 heteroatoms. The zero-order valence-electron chi connectivity index (χ0n) is 7.52. The molecule has 0 aromatic carbocycles. The van der Waals surface area contributed by atoms with Crippen LogP contribution < -0.4 is 5.73 Å². The minimum Gasteiger partial charge on any atom is -0.377 e. The molecule has 66 valence electrons. The molecule has 0 aliphatic rings. The quantitative estimate of drug-likeness (QED) is 0.643. The smallest absolute Gasteiger partial charge is 0.158 e. The maximum atomic E-state index is 10.9. The predicted octanol–water partition coefficient (Wildman–Crippen LogP) is 0.719. The van der Waals surface area contributed by atoms with Crippen LogP contribution >= 0.6 is 0 Å². The molecule has 0 aliphatic carbocycles. The van der Waals surface area contributed by atoms with Crippen molar-refractivity contribution >= 4 is 5.78 Å². The number of carbonyl (C=O) groups is 1. The average Bonchev–Trinajstić information content (AvgIpc) is 1.83. The highest BCUT2D eigenvalue weighted by atomic mass is 16.5. The molecule has 0 aliphatic heterocycles. The zero-order chi connectivity index (χ0) is 8.91. The molecule has 11 heavy (non-hydrogen) atoms. The Morgan fingerprint density at radius 3 is 2.45 bits per heavy atom. The lowest BCUT2D eigenvalue weighted by atomic mass is 9.99. The summed E-state index contributed by atoms with van der Waals surface area (Å²) in [5, 5.41) is 0. The fraction of sp³-hybridized carbons (Fsp3) is 0.875. The lowest BCUT2D eigenvalue weighted by molar-refractivity contribution is -0.122. The van der Waals surface area contributed by atoms with Crippen LogP contribution in [0.25, 0.3) is 0 Å². The number of nitrogens with two attached hydrogens (primary N) is 1. The molecule has 0 radical (unpaired) electrons. The molecule has 2 N–H and O–H groups in total. The van der Waals surface area contributed by atoms with Crippen molar-refractivity contribution in [2.75, 3.05) is 13.7 Å². The minimum atomic E-state index is -0.247. The SMILES string of the molecule is COCC(=O)CCC(C)(C)N. The number of Topliss-reactive ketones (excluding diaryl/α,β-unsaturated/α-hetero) is 1. The van der Waals surface area contributed by atoms with E-state index in [1.807, 2.05) is 13.8 Å². The first-order valence-corrected chi connectivity index (χ1v) is 3.75. The van der Waals surface area contributed by atoms with E-state index in [-0.39, 0.29) is 17.9 Å². The Bertz CT molecular complexity index is 127. The van der Waals surface area contributed by atoms with Crippen LogP contribution in [0.1, 0.15) is 26.7 Å². The van der Waals surface area contributed by atoms with Gasteiger partial charge >= 0.3 is 0 Å². The van der Waals surface area contributed by atoms with Gasteiger partial charge in [0.2, 0.25) is 0 Å². The molecular weight excluding hydrogens is 142 g/mol. The second-order valence-corrected chi connectivity index (χ2v) is 3.46. The largest absolute Gasteiger partial charge is 0.377 e. The van der Waals surface area contributed by atoms with Gasteiger partial charge in [0.1, 0.15) is 6.61 Å². The van der Waals surface area contributed by atoms with Crippen molar-refractivity contribution in [1.29, 1.82) is 0 Å². The van der Waals surface area contributed by atoms with Gasteiger partial charge in [0.15, 0.2) is 5.78 Å². The van der Waals surface area contributed by atoms with Crippen LogP contribution in [0.2, 0.25) is 0 Å². The second kappa shape index (κ2) is 4.46. The Hall–Kier alpha value is -0.410. The van der Waals surface area contributed by atoms with E-state index in [1.165, 1.54) is 7.11 Å². The van der Waals surface area contributed by atoms with E-state index in [4.69, 9.17) is 5.73 Å². The summed E-state index contributed by atoms with van der Waals surface area (Å²) in [4.78, 5) is 10.9. The zero-order valence-corrected chi connectivity index (χ0v) is 7.52. The monoisotopic (exact) mass is 159 g/mol. The van der Waals surface area contributed by atoms with Crippen LogP contribution in [-0.4, -0.2) is 25.0 Å². The molecule has 0 saturated heterocycles. The normalized spacial score (nSPS) is 11.6. The van der Waals surface area contributed by atoms with E-state index in [0.717, 1.165) is 6.42 Å². The van der Waals surface area contributed by atoms with E-state index in [0.29, 0.717) is 6.42 Å². The van der Waals surface area contributed by atoms with Crippen LogP contribution in [0.5, 0.6) is 0 Å². The van der Waals surface area contributed by atoms with Gasteiger partial charge in [-0.05, 0) is 20.3 Å². The molecule has 0 fully saturated rings. The van der Waals surface area contributed by atoms with Gasteiger partial charge in [-0.3, -0.25) is 4.79 Å². The molecule has 0 aromatic rings. The maximum absolute atomic E-state index is 10.9. The van der Waals surface area contributed by atoms with Gasteiger partial charge in [-0.15, -0.1) is 0 Å². The van der Waals surface area contributed by atoms with E-state index in [1.54, 1.807) is 0 Å². The summed E-state index contributed by atoms with van der Waals surface area (Å²) in [6.07, 6.45) is 1.23. The molecule has 0 amide bonds. The summed E-state index contributed by atoms with van der Waals surface area (Å²) in [6.45, 7) is 4.02. The number of hydrogen-bond acceptors (Lipinski definition) is 3. The summed E-state index contributed by atoms with van der Waals surface area (Å²) in [7, 11) is 1.52. The molecule has 3 nitrogen and oxygen atoms in total. The van der Waals surface area contributed by atoms with Crippen molar-refractivity contribution in [3.8, 4) is 0 Å². The first kappa shape index (κ1) is 10.6. The average molecular weight is 159 g/mol. The fourth-order valence-electron chi connectivity index (χ4n) is 0.695. The van der Waals surface area contributed by atoms with E-state index in [2.05, 4.69) is 4.74 Å².